The third-order valence-corrected chi connectivity index (χ3v) is 4.69. The summed E-state index contributed by atoms with van der Waals surface area (Å²) in [5, 5.41) is 15.8. The van der Waals surface area contributed by atoms with Gasteiger partial charge in [-0.1, -0.05) is 60.7 Å². The largest absolute Gasteiger partial charge is 0.468 e. The van der Waals surface area contributed by atoms with Crippen molar-refractivity contribution in [3.63, 3.8) is 0 Å². The Hall–Kier alpha value is -3.37. The molecule has 7 heteroatoms. The number of nitrogens with zero attached hydrogens (tertiary/aromatic N) is 1. The van der Waals surface area contributed by atoms with Gasteiger partial charge in [0.05, 0.1) is 19.2 Å². The highest BCUT2D eigenvalue weighted by molar-refractivity contribution is 5.76. The van der Waals surface area contributed by atoms with E-state index in [0.29, 0.717) is 12.8 Å². The number of esters is 1. The van der Waals surface area contributed by atoms with E-state index in [1.807, 2.05) is 60.7 Å². The van der Waals surface area contributed by atoms with E-state index in [9.17, 15) is 14.9 Å². The topological polar surface area (TPSA) is 100 Å². The first kappa shape index (κ1) is 24.9. The Morgan fingerprint density at radius 1 is 0.969 bits per heavy atom. The van der Waals surface area contributed by atoms with Crippen LogP contribution in [0, 0.1) is 11.3 Å². The molecule has 0 aliphatic rings. The summed E-state index contributed by atoms with van der Waals surface area (Å²) < 4.78 is 10.3. The van der Waals surface area contributed by atoms with Crippen LogP contribution in [0.4, 0.5) is 4.79 Å². The molecule has 32 heavy (non-hydrogen) atoms. The molecule has 170 valence electrons. The number of hydrogen-bond donors (Lipinski definition) is 2. The fourth-order valence-electron chi connectivity index (χ4n) is 3.24. The fraction of sp³-hybridized carbons (Fsp3) is 0.400. The molecule has 0 saturated carbocycles. The van der Waals surface area contributed by atoms with Crippen LogP contribution in [0.3, 0.4) is 0 Å². The Morgan fingerprint density at radius 2 is 1.50 bits per heavy atom. The first-order chi connectivity index (χ1) is 15.2. The number of rotatable bonds is 9. The van der Waals surface area contributed by atoms with Crippen LogP contribution in [0.25, 0.3) is 0 Å². The maximum atomic E-state index is 12.5. The first-order valence-corrected chi connectivity index (χ1v) is 10.5. The minimum atomic E-state index is -0.865. The van der Waals surface area contributed by atoms with Crippen LogP contribution < -0.4 is 10.6 Å². The third-order valence-electron chi connectivity index (χ3n) is 4.69. The average molecular weight is 438 g/mol. The number of amides is 1. The lowest BCUT2D eigenvalue weighted by Gasteiger charge is -2.29. The molecule has 2 rings (SSSR count). The number of alkyl carbamates (subject to hydrolysis) is 1. The predicted octanol–water partition coefficient (Wildman–Crippen LogP) is 3.39. The minimum absolute atomic E-state index is 0.343. The van der Waals surface area contributed by atoms with Gasteiger partial charge in [-0.15, -0.1) is 0 Å². The van der Waals surface area contributed by atoms with E-state index >= 15 is 0 Å². The highest BCUT2D eigenvalue weighted by Crippen LogP contribution is 2.12. The van der Waals surface area contributed by atoms with Crippen LogP contribution in [-0.4, -0.2) is 42.9 Å². The molecule has 0 radical (unpaired) electrons. The number of nitrogens with one attached hydrogen (secondary N) is 2. The molecular weight excluding hydrogens is 406 g/mol. The highest BCUT2D eigenvalue weighted by atomic mass is 16.6. The van der Waals surface area contributed by atoms with Crippen LogP contribution >= 0.6 is 0 Å². The van der Waals surface area contributed by atoms with Gasteiger partial charge < -0.3 is 14.8 Å². The van der Waals surface area contributed by atoms with Crippen LogP contribution in [0.1, 0.15) is 31.9 Å². The molecule has 0 aromatic heterocycles. The van der Waals surface area contributed by atoms with Gasteiger partial charge in [0.25, 0.3) is 0 Å². The fourth-order valence-corrected chi connectivity index (χ4v) is 3.24. The predicted molar refractivity (Wildman–Crippen MR) is 122 cm³/mol. The molecule has 2 aromatic carbocycles. The normalized spacial score (nSPS) is 13.8. The molecule has 0 fully saturated rings. The van der Waals surface area contributed by atoms with E-state index in [2.05, 4.69) is 16.7 Å². The third kappa shape index (κ3) is 8.40. The molecule has 7 nitrogen and oxygen atoms in total. The van der Waals surface area contributed by atoms with Gasteiger partial charge >= 0.3 is 12.1 Å². The summed E-state index contributed by atoms with van der Waals surface area (Å²) in [7, 11) is 1.31. The summed E-state index contributed by atoms with van der Waals surface area (Å²) in [5.74, 6) is -0.482. The SMILES string of the molecule is COC(=O)[C@H](Cc1ccccc1)N[C@H](C#N)[C@H](Cc1ccccc1)NC(=O)OC(C)(C)C. The smallest absolute Gasteiger partial charge is 0.407 e. The number of nitriles is 1. The molecule has 0 spiro atoms. The lowest BCUT2D eigenvalue weighted by atomic mass is 9.98. The van der Waals surface area contributed by atoms with Gasteiger partial charge in [0.2, 0.25) is 0 Å². The maximum Gasteiger partial charge on any atom is 0.407 e. The zero-order valence-corrected chi connectivity index (χ0v) is 19.0. The lowest BCUT2D eigenvalue weighted by molar-refractivity contribution is -0.143. The van der Waals surface area contributed by atoms with Crippen molar-refractivity contribution in [3.8, 4) is 6.07 Å². The summed E-state index contributed by atoms with van der Waals surface area (Å²) in [6, 6.07) is 18.9. The van der Waals surface area contributed by atoms with Crippen molar-refractivity contribution in [1.82, 2.24) is 10.6 Å². The van der Waals surface area contributed by atoms with Gasteiger partial charge in [0.1, 0.15) is 17.7 Å². The second kappa shape index (κ2) is 11.9. The van der Waals surface area contributed by atoms with Gasteiger partial charge in [-0.25, -0.2) is 4.79 Å². The van der Waals surface area contributed by atoms with Crippen LogP contribution in [0.15, 0.2) is 60.7 Å². The molecule has 2 N–H and O–H groups in total. The van der Waals surface area contributed by atoms with Crippen molar-refractivity contribution >= 4 is 12.1 Å². The molecule has 0 aliphatic carbocycles. The Balaban J connectivity index is 2.24. The van der Waals surface area contributed by atoms with E-state index in [-0.39, 0.29) is 0 Å². The molecule has 2 aromatic rings. The number of benzene rings is 2. The van der Waals surface area contributed by atoms with Gasteiger partial charge in [0.15, 0.2) is 0 Å². The highest BCUT2D eigenvalue weighted by Gasteiger charge is 2.31. The zero-order chi connectivity index (χ0) is 23.6. The molecular formula is C25H31N3O4. The van der Waals surface area contributed by atoms with Crippen LogP contribution in [0.2, 0.25) is 0 Å². The number of carbonyl (C=O) groups excluding carboxylic acids is 2. The van der Waals surface area contributed by atoms with Crippen molar-refractivity contribution in [2.24, 2.45) is 0 Å². The number of carbonyl (C=O) groups is 2. The van der Waals surface area contributed by atoms with Crippen LogP contribution in [-0.2, 0) is 27.1 Å². The van der Waals surface area contributed by atoms with Crippen molar-refractivity contribution in [2.45, 2.75) is 57.3 Å². The number of ether oxygens (including phenoxy) is 2. The van der Waals surface area contributed by atoms with Gasteiger partial charge in [0, 0.05) is 0 Å². The van der Waals surface area contributed by atoms with E-state index in [1.54, 1.807) is 20.8 Å². The zero-order valence-electron chi connectivity index (χ0n) is 19.0. The Bertz CT molecular complexity index is 904. The molecule has 0 heterocycles. The summed E-state index contributed by atoms with van der Waals surface area (Å²) in [6.45, 7) is 5.31. The maximum absolute atomic E-state index is 12.5. The van der Waals surface area contributed by atoms with Gasteiger partial charge in [-0.3, -0.25) is 10.1 Å². The summed E-state index contributed by atoms with van der Waals surface area (Å²) in [5.41, 5.74) is 1.18. The minimum Gasteiger partial charge on any atom is -0.468 e. The number of methoxy groups -OCH3 is 1. The van der Waals surface area contributed by atoms with Gasteiger partial charge in [-0.2, -0.15) is 5.26 Å². The van der Waals surface area contributed by atoms with E-state index in [0.717, 1.165) is 11.1 Å². The molecule has 0 saturated heterocycles. The van der Waals surface area contributed by atoms with Crippen LogP contribution in [0.5, 0.6) is 0 Å². The van der Waals surface area contributed by atoms with E-state index < -0.39 is 35.8 Å². The Labute approximate surface area is 189 Å². The quantitative estimate of drug-likeness (QED) is 0.583. The monoisotopic (exact) mass is 437 g/mol. The first-order valence-electron chi connectivity index (χ1n) is 10.5. The summed E-state index contributed by atoms with van der Waals surface area (Å²) in [6.07, 6.45) is 0.0962. The Kier molecular flexibility index (Phi) is 9.23. The Morgan fingerprint density at radius 3 is 1.97 bits per heavy atom. The molecule has 0 bridgehead atoms. The summed E-state index contributed by atoms with van der Waals surface area (Å²) >= 11 is 0. The van der Waals surface area contributed by atoms with E-state index in [4.69, 9.17) is 9.47 Å². The lowest BCUT2D eigenvalue weighted by Crippen LogP contribution is -2.56. The second-order valence-electron chi connectivity index (χ2n) is 8.48. The summed E-state index contributed by atoms with van der Waals surface area (Å²) in [4.78, 5) is 24.9. The van der Waals surface area contributed by atoms with Crippen molar-refractivity contribution in [1.29, 1.82) is 5.26 Å². The van der Waals surface area contributed by atoms with Crippen molar-refractivity contribution in [2.75, 3.05) is 7.11 Å². The number of hydrogen-bond acceptors (Lipinski definition) is 6. The molecule has 0 unspecified atom stereocenters. The van der Waals surface area contributed by atoms with E-state index in [1.165, 1.54) is 7.11 Å². The van der Waals surface area contributed by atoms with Crippen molar-refractivity contribution < 1.29 is 19.1 Å². The molecule has 3 atom stereocenters. The molecule has 0 aliphatic heterocycles. The average Bonchev–Trinajstić information content (AvgIpc) is 2.75. The molecule has 1 amide bonds. The standard InChI is InChI=1S/C25H31N3O4/c1-25(2,3)32-24(30)28-20(15-18-11-7-5-8-12-18)22(17-26)27-21(23(29)31-4)16-19-13-9-6-10-14-19/h5-14,20-22,27H,15-16H2,1-4H3,(H,28,30)/t20-,21-,22+/m0/s1. The second-order valence-corrected chi connectivity index (χ2v) is 8.48. The van der Waals surface area contributed by atoms with Crippen molar-refractivity contribution in [3.05, 3.63) is 71.8 Å². The van der Waals surface area contributed by atoms with Gasteiger partial charge in [-0.05, 0) is 44.7 Å².